The Hall–Kier alpha value is -1.55. The van der Waals surface area contributed by atoms with E-state index in [1.54, 1.807) is 25.1 Å². The molecule has 4 nitrogen and oxygen atoms in total. The summed E-state index contributed by atoms with van der Waals surface area (Å²) in [5, 5.41) is 11.9. The highest BCUT2D eigenvalue weighted by Crippen LogP contribution is 2.19. The standard InChI is InChI=1S/C13H16ClNO3/c1-4-13(3,12(17)18)15-11(16)9-6-5-8(2)7-10(9)14/h5-7H,4H2,1-3H3,(H,15,16)(H,17,18). The number of hydrogen-bond donors (Lipinski definition) is 2. The number of halogens is 1. The van der Waals surface area contributed by atoms with Crippen molar-refractivity contribution >= 4 is 23.5 Å². The van der Waals surface area contributed by atoms with Crippen molar-refractivity contribution in [2.75, 3.05) is 0 Å². The molecule has 1 atom stereocenters. The maximum atomic E-state index is 12.0. The number of amides is 1. The number of hydrogen-bond acceptors (Lipinski definition) is 2. The van der Waals surface area contributed by atoms with E-state index >= 15 is 0 Å². The van der Waals surface area contributed by atoms with Crippen molar-refractivity contribution < 1.29 is 14.7 Å². The first-order chi connectivity index (χ1) is 8.30. The minimum Gasteiger partial charge on any atom is -0.480 e. The number of carboxylic acid groups (broad SMARTS) is 1. The average Bonchev–Trinajstić information content (AvgIpc) is 2.28. The van der Waals surface area contributed by atoms with Gasteiger partial charge in [-0.1, -0.05) is 24.6 Å². The smallest absolute Gasteiger partial charge is 0.329 e. The van der Waals surface area contributed by atoms with Crippen molar-refractivity contribution in [2.45, 2.75) is 32.7 Å². The molecule has 0 aliphatic rings. The molecular formula is C13H16ClNO3. The van der Waals surface area contributed by atoms with Gasteiger partial charge in [0.2, 0.25) is 0 Å². The predicted octanol–water partition coefficient (Wildman–Crippen LogP) is 2.63. The normalized spacial score (nSPS) is 13.8. The van der Waals surface area contributed by atoms with Gasteiger partial charge in [0.25, 0.3) is 5.91 Å². The summed E-state index contributed by atoms with van der Waals surface area (Å²) in [6, 6.07) is 5.01. The van der Waals surface area contributed by atoms with Crippen LogP contribution in [0, 0.1) is 6.92 Å². The van der Waals surface area contributed by atoms with Crippen LogP contribution in [0.15, 0.2) is 18.2 Å². The zero-order valence-electron chi connectivity index (χ0n) is 10.6. The van der Waals surface area contributed by atoms with Crippen LogP contribution in [-0.4, -0.2) is 22.5 Å². The fourth-order valence-electron chi connectivity index (χ4n) is 1.42. The Morgan fingerprint density at radius 1 is 1.44 bits per heavy atom. The molecule has 0 bridgehead atoms. The van der Waals surface area contributed by atoms with Gasteiger partial charge in [-0.05, 0) is 38.0 Å². The lowest BCUT2D eigenvalue weighted by atomic mass is 9.98. The van der Waals surface area contributed by atoms with Crippen molar-refractivity contribution in [3.8, 4) is 0 Å². The highest BCUT2D eigenvalue weighted by molar-refractivity contribution is 6.34. The second-order valence-corrected chi connectivity index (χ2v) is 4.84. The Labute approximate surface area is 111 Å². The molecule has 0 heterocycles. The van der Waals surface area contributed by atoms with Crippen LogP contribution in [0.1, 0.15) is 36.2 Å². The third-order valence-electron chi connectivity index (χ3n) is 2.94. The summed E-state index contributed by atoms with van der Waals surface area (Å²) in [6.07, 6.45) is 0.289. The van der Waals surface area contributed by atoms with Crippen molar-refractivity contribution in [1.82, 2.24) is 5.32 Å². The van der Waals surface area contributed by atoms with Gasteiger partial charge in [0.05, 0.1) is 10.6 Å². The maximum absolute atomic E-state index is 12.0. The molecule has 5 heteroatoms. The summed E-state index contributed by atoms with van der Waals surface area (Å²) >= 11 is 5.97. The van der Waals surface area contributed by atoms with E-state index in [2.05, 4.69) is 5.32 Å². The third-order valence-corrected chi connectivity index (χ3v) is 3.25. The first-order valence-electron chi connectivity index (χ1n) is 5.62. The summed E-state index contributed by atoms with van der Waals surface area (Å²) in [6.45, 7) is 5.03. The zero-order valence-corrected chi connectivity index (χ0v) is 11.3. The van der Waals surface area contributed by atoms with Crippen molar-refractivity contribution in [1.29, 1.82) is 0 Å². The van der Waals surface area contributed by atoms with E-state index in [4.69, 9.17) is 16.7 Å². The van der Waals surface area contributed by atoms with Gasteiger partial charge in [0.1, 0.15) is 5.54 Å². The Bertz CT molecular complexity index is 487. The van der Waals surface area contributed by atoms with Crippen molar-refractivity contribution in [3.05, 3.63) is 34.3 Å². The molecular weight excluding hydrogens is 254 g/mol. The molecule has 0 spiro atoms. The number of aliphatic carboxylic acids is 1. The first-order valence-corrected chi connectivity index (χ1v) is 6.00. The number of aryl methyl sites for hydroxylation is 1. The van der Waals surface area contributed by atoms with Gasteiger partial charge < -0.3 is 10.4 Å². The molecule has 0 aliphatic heterocycles. The quantitative estimate of drug-likeness (QED) is 0.883. The third kappa shape index (κ3) is 3.01. The van der Waals surface area contributed by atoms with Gasteiger partial charge in [-0.25, -0.2) is 4.79 Å². The second-order valence-electron chi connectivity index (χ2n) is 4.43. The molecule has 0 saturated carbocycles. The fourth-order valence-corrected chi connectivity index (χ4v) is 1.74. The maximum Gasteiger partial charge on any atom is 0.329 e. The molecule has 1 aromatic rings. The topological polar surface area (TPSA) is 66.4 Å². The van der Waals surface area contributed by atoms with Gasteiger partial charge in [-0.2, -0.15) is 0 Å². The van der Waals surface area contributed by atoms with Crippen LogP contribution in [0.25, 0.3) is 0 Å². The van der Waals surface area contributed by atoms with Gasteiger partial charge >= 0.3 is 5.97 Å². The molecule has 1 rings (SSSR count). The van der Waals surface area contributed by atoms with Gasteiger partial charge in [0.15, 0.2) is 0 Å². The Kier molecular flexibility index (Phi) is 4.35. The van der Waals surface area contributed by atoms with E-state index in [0.29, 0.717) is 5.02 Å². The molecule has 1 amide bonds. The molecule has 1 aromatic carbocycles. The number of rotatable bonds is 4. The highest BCUT2D eigenvalue weighted by atomic mass is 35.5. The van der Waals surface area contributed by atoms with Crippen LogP contribution in [0.5, 0.6) is 0 Å². The monoisotopic (exact) mass is 269 g/mol. The molecule has 18 heavy (non-hydrogen) atoms. The van der Waals surface area contributed by atoms with Crippen LogP contribution >= 0.6 is 11.6 Å². The summed E-state index contributed by atoms with van der Waals surface area (Å²) < 4.78 is 0. The van der Waals surface area contributed by atoms with Crippen LogP contribution in [0.3, 0.4) is 0 Å². The van der Waals surface area contributed by atoms with Gasteiger partial charge in [-0.3, -0.25) is 4.79 Å². The minimum atomic E-state index is -1.29. The Balaban J connectivity index is 2.98. The SMILES string of the molecule is CCC(C)(NC(=O)c1ccc(C)cc1Cl)C(=O)O. The van der Waals surface area contributed by atoms with Crippen molar-refractivity contribution in [3.63, 3.8) is 0 Å². The van der Waals surface area contributed by atoms with E-state index in [0.717, 1.165) is 5.56 Å². The van der Waals surface area contributed by atoms with Crippen LogP contribution in [0.2, 0.25) is 5.02 Å². The number of benzene rings is 1. The highest BCUT2D eigenvalue weighted by Gasteiger charge is 2.33. The summed E-state index contributed by atoms with van der Waals surface area (Å²) in [5.74, 6) is -1.55. The summed E-state index contributed by atoms with van der Waals surface area (Å²) in [5.41, 5.74) is -0.0677. The number of carbonyl (C=O) groups excluding carboxylic acids is 1. The van der Waals surface area contributed by atoms with E-state index in [1.807, 2.05) is 6.92 Å². The molecule has 98 valence electrons. The van der Waals surface area contributed by atoms with Crippen molar-refractivity contribution in [2.24, 2.45) is 0 Å². The number of carbonyl (C=O) groups is 2. The lowest BCUT2D eigenvalue weighted by Crippen LogP contribution is -2.51. The minimum absolute atomic E-state index is 0.281. The molecule has 0 fully saturated rings. The molecule has 2 N–H and O–H groups in total. The predicted molar refractivity (Wildman–Crippen MR) is 70.0 cm³/mol. The zero-order chi connectivity index (χ0) is 13.9. The van der Waals surface area contributed by atoms with Crippen LogP contribution < -0.4 is 5.32 Å². The summed E-state index contributed by atoms with van der Waals surface area (Å²) in [7, 11) is 0. The number of carboxylic acids is 1. The van der Waals surface area contributed by atoms with Crippen LogP contribution in [0.4, 0.5) is 0 Å². The molecule has 0 saturated heterocycles. The molecule has 0 aromatic heterocycles. The molecule has 1 unspecified atom stereocenters. The van der Waals surface area contributed by atoms with E-state index < -0.39 is 17.4 Å². The average molecular weight is 270 g/mol. The molecule has 0 radical (unpaired) electrons. The lowest BCUT2D eigenvalue weighted by Gasteiger charge is -2.24. The van der Waals surface area contributed by atoms with E-state index in [9.17, 15) is 9.59 Å². The first kappa shape index (κ1) is 14.5. The number of nitrogens with one attached hydrogen (secondary N) is 1. The molecule has 0 aliphatic carbocycles. The summed E-state index contributed by atoms with van der Waals surface area (Å²) in [4.78, 5) is 23.1. The van der Waals surface area contributed by atoms with E-state index in [1.165, 1.54) is 6.92 Å². The lowest BCUT2D eigenvalue weighted by molar-refractivity contribution is -0.143. The Morgan fingerprint density at radius 3 is 2.50 bits per heavy atom. The second kappa shape index (κ2) is 5.40. The van der Waals surface area contributed by atoms with Gasteiger partial charge in [-0.15, -0.1) is 0 Å². The Morgan fingerprint density at radius 2 is 2.06 bits per heavy atom. The van der Waals surface area contributed by atoms with Crippen LogP contribution in [-0.2, 0) is 4.79 Å². The van der Waals surface area contributed by atoms with E-state index in [-0.39, 0.29) is 12.0 Å². The largest absolute Gasteiger partial charge is 0.480 e. The van der Waals surface area contributed by atoms with Gasteiger partial charge in [0, 0.05) is 0 Å². The fraction of sp³-hybridized carbons (Fsp3) is 0.385.